The van der Waals surface area contributed by atoms with E-state index in [1.54, 1.807) is 78.9 Å². The Hall–Kier alpha value is -6.72. The summed E-state index contributed by atoms with van der Waals surface area (Å²) in [7, 11) is 0. The first kappa shape index (κ1) is 25.9. The second kappa shape index (κ2) is 18.1. The number of fused-ring (bicyclic) bond motifs is 3. The van der Waals surface area contributed by atoms with Crippen LogP contribution in [-0.4, -0.2) is 15.0 Å². The maximum Gasteiger partial charge on any atom is 0.144 e. The predicted molar refractivity (Wildman–Crippen MR) is 253 cm³/mol. The van der Waals surface area contributed by atoms with Crippen molar-refractivity contribution in [2.75, 3.05) is 0 Å². The van der Waals surface area contributed by atoms with Gasteiger partial charge in [0.15, 0.2) is 0 Å². The van der Waals surface area contributed by atoms with E-state index in [-0.39, 0.29) is 44.7 Å². The Balaban J connectivity index is 1.20. The lowest BCUT2D eigenvalue weighted by Crippen LogP contribution is -2.04. The van der Waals surface area contributed by atoms with Crippen LogP contribution < -0.4 is 0 Å². The van der Waals surface area contributed by atoms with Gasteiger partial charge in [0, 0.05) is 71.3 Å². The van der Waals surface area contributed by atoms with Gasteiger partial charge >= 0.3 is 0 Å². The lowest BCUT2D eigenvalue weighted by atomic mass is 9.90. The average Bonchev–Trinajstić information content (AvgIpc) is 3.71. The molecular weight excluding hydrogens is 762 g/mol. The monoisotopic (exact) mass is 830 g/mol. The Morgan fingerprint density at radius 2 is 1.08 bits per heavy atom. The van der Waals surface area contributed by atoms with Crippen molar-refractivity contribution in [2.24, 2.45) is 0 Å². The van der Waals surface area contributed by atoms with Crippen molar-refractivity contribution in [1.29, 1.82) is 0 Å². The molecule has 0 saturated heterocycles. The Labute approximate surface area is 387 Å². The van der Waals surface area contributed by atoms with Crippen molar-refractivity contribution in [3.63, 3.8) is 0 Å². The van der Waals surface area contributed by atoms with E-state index in [1.165, 1.54) is 58.0 Å². The third kappa shape index (κ3) is 8.99. The first-order chi connectivity index (χ1) is 36.2. The SMILES string of the molecule is [2H]c1cc2c(oc3c(-c4ccc(C([2H])([2H])C([2H])([2H])c5cc(C([2H])([2H])C([2H])([2H])c6cnc(-c7ccccc7)cc6C([2H])(C)C)cc(C([2H])([2H])C([2H])([2H])c6cnc(-c7ccccc7)cc6C([2H])(C)C)c5)cn4)cccc32)c([2H])c1F. The van der Waals surface area contributed by atoms with Gasteiger partial charge in [-0.1, -0.05) is 125 Å². The summed E-state index contributed by atoms with van der Waals surface area (Å²) in [5.74, 6) is -4.16. The molecule has 308 valence electrons. The van der Waals surface area contributed by atoms with E-state index in [2.05, 4.69) is 15.0 Å². The second-order valence-corrected chi connectivity index (χ2v) is 15.2. The summed E-state index contributed by atoms with van der Waals surface area (Å²) in [6.07, 6.45) is -15.9. The number of aryl methyl sites for hydroxylation is 6. The quantitative estimate of drug-likeness (QED) is 0.110. The highest BCUT2D eigenvalue weighted by Gasteiger charge is 2.16. The predicted octanol–water partition coefficient (Wildman–Crippen LogP) is 14.5. The van der Waals surface area contributed by atoms with Gasteiger partial charge in [0.1, 0.15) is 17.0 Å². The first-order valence-electron chi connectivity index (χ1n) is 28.1. The average molecular weight is 830 g/mol. The zero-order valence-electron chi connectivity index (χ0n) is 50.5. The molecule has 0 amide bonds. The van der Waals surface area contributed by atoms with Crippen LogP contribution in [-0.2, 0) is 38.2 Å². The highest BCUT2D eigenvalue weighted by atomic mass is 19.1. The van der Waals surface area contributed by atoms with Crippen LogP contribution in [0.15, 0.2) is 162 Å². The third-order valence-electron chi connectivity index (χ3n) is 10.4. The molecule has 0 aliphatic heterocycles. The molecule has 4 heterocycles. The second-order valence-electron chi connectivity index (χ2n) is 15.2. The van der Waals surface area contributed by atoms with E-state index in [1.807, 2.05) is 0 Å². The summed E-state index contributed by atoms with van der Waals surface area (Å²) in [6, 6.07) is 31.2. The van der Waals surface area contributed by atoms with Gasteiger partial charge in [-0.2, -0.15) is 0 Å². The Kier molecular flexibility index (Phi) is 7.56. The minimum absolute atomic E-state index is 0.0569. The molecule has 0 N–H and O–H groups in total. The topological polar surface area (TPSA) is 51.8 Å². The van der Waals surface area contributed by atoms with Gasteiger partial charge in [0.05, 0.1) is 19.8 Å². The molecule has 9 rings (SSSR count). The van der Waals surface area contributed by atoms with Gasteiger partial charge in [0.2, 0.25) is 0 Å². The molecule has 0 bridgehead atoms. The van der Waals surface area contributed by atoms with Crippen LogP contribution >= 0.6 is 0 Å². The smallest absolute Gasteiger partial charge is 0.144 e. The molecule has 5 heteroatoms. The van der Waals surface area contributed by atoms with Crippen molar-refractivity contribution in [3.05, 3.63) is 208 Å². The minimum Gasteiger partial charge on any atom is -0.455 e. The number of pyridine rings is 3. The number of aromatic nitrogens is 3. The number of hydrogen-bond acceptors (Lipinski definition) is 4. The molecule has 4 nitrogen and oxygen atoms in total. The van der Waals surface area contributed by atoms with Crippen molar-refractivity contribution in [3.8, 4) is 33.8 Å². The summed E-state index contributed by atoms with van der Waals surface area (Å²) in [4.78, 5) is 13.4. The fourth-order valence-electron chi connectivity index (χ4n) is 7.21. The maximum absolute atomic E-state index is 14.6. The fraction of sp³-hybridized carbons (Fsp3) is 0.211. The van der Waals surface area contributed by atoms with Crippen molar-refractivity contribution in [2.45, 2.75) is 77.7 Å². The number of para-hydroxylation sites is 1. The van der Waals surface area contributed by atoms with Crippen molar-refractivity contribution < 1.29 is 30.7 Å². The van der Waals surface area contributed by atoms with Gasteiger partial charge in [0.25, 0.3) is 0 Å². The zero-order chi connectivity index (χ0) is 56.9. The number of halogens is 1. The molecule has 9 aromatic rings. The standard InChI is InChI=1S/C57H52FN3O/c1-37(2)51-32-54(43-12-7-5-8-13-43)60-35-45(51)23-20-41-28-40(29-42(30-41)21-24-46-36-61-55(33-52(46)38(3)4)44-14-9-6-10-15-44)19-18-39-22-27-53(59-34-39)50-17-11-16-49-48-26-25-47(58)31-56(48)62-57(49)50/h5-17,22,25-38H,18-21,23-24H2,1-4H3/i18D2,19D2,20D2,21D2,23D2,24D2,25D,31D,37D,38D. The summed E-state index contributed by atoms with van der Waals surface area (Å²) < 4.78 is 170. The molecule has 0 spiro atoms. The number of nitrogens with zero attached hydrogens (tertiary/aromatic N) is 3. The lowest BCUT2D eigenvalue weighted by molar-refractivity contribution is 0.618. The molecule has 0 saturated carbocycles. The van der Waals surface area contributed by atoms with Crippen LogP contribution in [0.4, 0.5) is 4.39 Å². The summed E-state index contributed by atoms with van der Waals surface area (Å²) >= 11 is 0. The highest BCUT2D eigenvalue weighted by molar-refractivity contribution is 6.09. The zero-order valence-corrected chi connectivity index (χ0v) is 34.5. The van der Waals surface area contributed by atoms with E-state index >= 15 is 0 Å². The van der Waals surface area contributed by atoms with Crippen LogP contribution in [0.2, 0.25) is 0 Å². The van der Waals surface area contributed by atoms with Gasteiger partial charge in [-0.25, -0.2) is 4.39 Å². The van der Waals surface area contributed by atoms with E-state index in [0.29, 0.717) is 38.9 Å². The third-order valence-corrected chi connectivity index (χ3v) is 10.4. The first-order valence-corrected chi connectivity index (χ1v) is 20.1. The van der Waals surface area contributed by atoms with E-state index in [9.17, 15) is 20.8 Å². The molecule has 5 aromatic carbocycles. The maximum atomic E-state index is 14.6. The lowest BCUT2D eigenvalue weighted by Gasteiger charge is -2.16. The minimum atomic E-state index is -3.28. The van der Waals surface area contributed by atoms with E-state index in [0.717, 1.165) is 36.8 Å². The Morgan fingerprint density at radius 3 is 1.61 bits per heavy atom. The van der Waals surface area contributed by atoms with Crippen LogP contribution in [0.25, 0.3) is 55.7 Å². The van der Waals surface area contributed by atoms with Crippen molar-refractivity contribution >= 4 is 21.9 Å². The van der Waals surface area contributed by atoms with Gasteiger partial charge in [-0.15, -0.1) is 0 Å². The van der Waals surface area contributed by atoms with Crippen LogP contribution in [0.5, 0.6) is 0 Å². The van der Waals surface area contributed by atoms with Crippen LogP contribution in [0.1, 0.15) is 106 Å². The molecule has 0 unspecified atom stereocenters. The summed E-state index contributed by atoms with van der Waals surface area (Å²) in [5.41, 5.74) is -0.324. The molecule has 0 fully saturated rings. The Bertz CT molecular complexity index is 3620. The Morgan fingerprint density at radius 1 is 0.548 bits per heavy atom. The molecule has 0 aliphatic carbocycles. The molecule has 62 heavy (non-hydrogen) atoms. The molecule has 0 radical (unpaired) electrons. The number of rotatable bonds is 14. The molecule has 0 aliphatic rings. The summed E-state index contributed by atoms with van der Waals surface area (Å²) in [5, 5.41) is 0.767. The van der Waals surface area contributed by atoms with E-state index in [4.69, 9.17) is 9.90 Å². The van der Waals surface area contributed by atoms with Crippen LogP contribution in [0.3, 0.4) is 0 Å². The molecular formula is C57H52FN3O. The molecule has 0 atom stereocenters. The number of benzene rings is 5. The van der Waals surface area contributed by atoms with Crippen molar-refractivity contribution in [1.82, 2.24) is 15.0 Å². The van der Waals surface area contributed by atoms with Gasteiger partial charge < -0.3 is 4.42 Å². The van der Waals surface area contributed by atoms with Gasteiger partial charge in [-0.05, 0) is 131 Å². The fourth-order valence-corrected chi connectivity index (χ4v) is 7.21. The normalized spacial score (nSPS) is 17.2. The summed E-state index contributed by atoms with van der Waals surface area (Å²) in [6.45, 7) is 5.99. The van der Waals surface area contributed by atoms with E-state index < -0.39 is 84.6 Å². The van der Waals surface area contributed by atoms with Gasteiger partial charge in [-0.3, -0.25) is 15.0 Å². The highest BCUT2D eigenvalue weighted by Crippen LogP contribution is 2.36. The molecule has 4 aromatic heterocycles. The largest absolute Gasteiger partial charge is 0.455 e. The van der Waals surface area contributed by atoms with Crippen LogP contribution in [0, 0.1) is 5.82 Å². The number of hydrogen-bond donors (Lipinski definition) is 0. The number of furan rings is 1.